The van der Waals surface area contributed by atoms with Gasteiger partial charge in [0.15, 0.2) is 11.6 Å². The van der Waals surface area contributed by atoms with Crippen LogP contribution in [0.15, 0.2) is 30.3 Å². The Labute approximate surface area is 323 Å². The number of Topliss-reactive ketones (excluding diaryl/α,β-unsaturated/α-hetero) is 1. The predicted molar refractivity (Wildman–Crippen MR) is 204 cm³/mol. The maximum Gasteiger partial charge on any atom is 0.410 e. The number of nitriles is 1. The van der Waals surface area contributed by atoms with E-state index in [4.69, 9.17) is 32.9 Å². The van der Waals surface area contributed by atoms with Gasteiger partial charge in [-0.3, -0.25) is 9.59 Å². The molecule has 3 aliphatic carbocycles. The van der Waals surface area contributed by atoms with Gasteiger partial charge in [0.05, 0.1) is 39.8 Å². The molecule has 2 bridgehead atoms. The molecular formula is C42H42Cl2FN5O4. The molecule has 2 aromatic heterocycles. The Morgan fingerprint density at radius 1 is 1.07 bits per heavy atom. The Kier molecular flexibility index (Phi) is 7.99. The van der Waals surface area contributed by atoms with Crippen LogP contribution in [-0.4, -0.2) is 61.4 Å². The lowest BCUT2D eigenvalue weighted by Crippen LogP contribution is -2.45. The SMILES string of the molecule is CC(=O)c1nc2c(F)c(-c3cccc(Cl)c3Cl)c(CCC#N)cc2c2c1cc([C@H]1C[C@H]3C[C@H]3N1C(=O)C1(C)CC1)n2[C@H]1[C@@H]2C[C@H]1N(C(=O)OC(C)(C)C)C2. The molecule has 6 fully saturated rings. The second-order valence-corrected chi connectivity index (χ2v) is 18.2. The molecule has 280 valence electrons. The van der Waals surface area contributed by atoms with E-state index in [-0.39, 0.29) is 92.9 Å². The van der Waals surface area contributed by atoms with Crippen molar-refractivity contribution in [3.63, 3.8) is 0 Å². The van der Waals surface area contributed by atoms with Crippen LogP contribution in [0.5, 0.6) is 0 Å². The van der Waals surface area contributed by atoms with Gasteiger partial charge in [-0.1, -0.05) is 42.3 Å². The lowest BCUT2D eigenvalue weighted by molar-refractivity contribution is -0.138. The highest BCUT2D eigenvalue weighted by Gasteiger charge is 2.61. The molecular weight excluding hydrogens is 728 g/mol. The fourth-order valence-corrected chi connectivity index (χ4v) is 10.00. The molecule has 2 amide bonds. The number of pyridine rings is 1. The fourth-order valence-electron chi connectivity index (χ4n) is 9.60. The van der Waals surface area contributed by atoms with Gasteiger partial charge in [-0.05, 0) is 89.0 Å². The summed E-state index contributed by atoms with van der Waals surface area (Å²) in [5, 5.41) is 11.2. The fraction of sp³-hybridized carbons (Fsp3) is 0.500. The number of fused-ring (bicyclic) bond motifs is 5. The molecule has 12 heteroatoms. The van der Waals surface area contributed by atoms with Gasteiger partial charge in [-0.25, -0.2) is 14.2 Å². The van der Waals surface area contributed by atoms with Crippen LogP contribution in [0.2, 0.25) is 10.0 Å². The lowest BCUT2D eigenvalue weighted by atomic mass is 9.79. The number of benzene rings is 2. The van der Waals surface area contributed by atoms with E-state index in [1.807, 2.05) is 44.7 Å². The van der Waals surface area contributed by atoms with Crippen molar-refractivity contribution in [1.29, 1.82) is 5.26 Å². The van der Waals surface area contributed by atoms with Crippen LogP contribution in [0.25, 0.3) is 32.9 Å². The van der Waals surface area contributed by atoms with Crippen molar-refractivity contribution in [2.45, 2.75) is 109 Å². The molecule has 5 heterocycles. The maximum atomic E-state index is 17.4. The zero-order valence-electron chi connectivity index (χ0n) is 31.0. The smallest absolute Gasteiger partial charge is 0.410 e. The molecule has 6 aliphatic rings. The molecule has 3 saturated carbocycles. The predicted octanol–water partition coefficient (Wildman–Crippen LogP) is 9.60. The van der Waals surface area contributed by atoms with Crippen molar-refractivity contribution in [2.24, 2.45) is 17.3 Å². The molecule has 54 heavy (non-hydrogen) atoms. The molecule has 0 N–H and O–H groups in total. The van der Waals surface area contributed by atoms with Crippen molar-refractivity contribution in [1.82, 2.24) is 19.4 Å². The number of amides is 2. The van der Waals surface area contributed by atoms with Gasteiger partial charge in [0, 0.05) is 64.9 Å². The summed E-state index contributed by atoms with van der Waals surface area (Å²) in [7, 11) is 0. The number of carbonyl (C=O) groups is 3. The number of ketones is 1. The van der Waals surface area contributed by atoms with Gasteiger partial charge in [-0.15, -0.1) is 0 Å². The van der Waals surface area contributed by atoms with Gasteiger partial charge < -0.3 is 19.1 Å². The van der Waals surface area contributed by atoms with E-state index in [0.717, 1.165) is 37.8 Å². The number of hydrogen-bond acceptors (Lipinski definition) is 6. The number of ether oxygens (including phenoxy) is 1. The standard InChI is InChI=1S/C42H42Cl2FN5O4/c1-20(51)35-26-18-30(29-16-22-15-28(22)49(29)39(52)42(5)11-12-42)50(37-23-17-31(37)48(19-23)40(53)54-41(2,3)4)38(26)25-14-21(8-7-13-46)32(34(45)36(25)47-35)24-9-6-10-27(43)33(24)44/h6,9-10,14,18,22-23,28-29,31,37H,7-8,11-12,15-17,19H2,1-5H3/t22-,23-,28-,29-,31-,37+/m1/s1. The highest BCUT2D eigenvalue weighted by molar-refractivity contribution is 6.43. The third kappa shape index (κ3) is 5.36. The third-order valence-electron chi connectivity index (χ3n) is 12.6. The van der Waals surface area contributed by atoms with Gasteiger partial charge in [0.2, 0.25) is 5.91 Å². The maximum absolute atomic E-state index is 17.4. The Hall–Kier alpha value is -4.20. The first kappa shape index (κ1) is 35.5. The van der Waals surface area contributed by atoms with Crippen LogP contribution in [0.4, 0.5) is 9.18 Å². The van der Waals surface area contributed by atoms with E-state index in [9.17, 15) is 19.6 Å². The molecule has 9 nitrogen and oxygen atoms in total. The van der Waals surface area contributed by atoms with Crippen LogP contribution < -0.4 is 0 Å². The number of aromatic nitrogens is 2. The monoisotopic (exact) mass is 769 g/mol. The Bertz CT molecular complexity index is 2370. The summed E-state index contributed by atoms with van der Waals surface area (Å²) in [4.78, 5) is 50.1. The van der Waals surface area contributed by atoms with Crippen molar-refractivity contribution >= 4 is 62.8 Å². The first-order valence-electron chi connectivity index (χ1n) is 19.0. The number of nitrogens with zero attached hydrogens (tertiary/aromatic N) is 5. The van der Waals surface area contributed by atoms with E-state index in [0.29, 0.717) is 39.9 Å². The zero-order chi connectivity index (χ0) is 38.2. The quantitative estimate of drug-likeness (QED) is 0.173. The normalized spacial score (nSPS) is 26.1. The Balaban J connectivity index is 1.32. The van der Waals surface area contributed by atoms with Gasteiger partial charge in [0.1, 0.15) is 16.8 Å². The minimum atomic E-state index is -0.672. The van der Waals surface area contributed by atoms with Gasteiger partial charge in [-0.2, -0.15) is 5.26 Å². The summed E-state index contributed by atoms with van der Waals surface area (Å²) in [5.74, 6) is -0.332. The Morgan fingerprint density at radius 2 is 1.81 bits per heavy atom. The number of halogens is 3. The van der Waals surface area contributed by atoms with Crippen molar-refractivity contribution in [3.8, 4) is 17.2 Å². The molecule has 0 unspecified atom stereocenters. The van der Waals surface area contributed by atoms with Crippen molar-refractivity contribution in [3.05, 3.63) is 63.1 Å². The summed E-state index contributed by atoms with van der Waals surface area (Å²) in [5.41, 5.74) is 1.76. The molecule has 0 spiro atoms. The van der Waals surface area contributed by atoms with Crippen LogP contribution in [0.1, 0.15) is 107 Å². The first-order chi connectivity index (χ1) is 25.6. The lowest BCUT2D eigenvalue weighted by Gasteiger charge is -2.41. The minimum Gasteiger partial charge on any atom is -0.444 e. The number of rotatable bonds is 7. The number of aryl methyl sites for hydroxylation is 1. The summed E-state index contributed by atoms with van der Waals surface area (Å²) >= 11 is 13.1. The first-order valence-corrected chi connectivity index (χ1v) is 19.7. The number of hydrogen-bond donors (Lipinski definition) is 0. The van der Waals surface area contributed by atoms with Crippen LogP contribution in [0.3, 0.4) is 0 Å². The van der Waals surface area contributed by atoms with Gasteiger partial charge in [0.25, 0.3) is 0 Å². The van der Waals surface area contributed by atoms with E-state index >= 15 is 4.39 Å². The second-order valence-electron chi connectivity index (χ2n) is 17.4. The number of carbonyl (C=O) groups excluding carboxylic acids is 3. The molecule has 0 radical (unpaired) electrons. The van der Waals surface area contributed by atoms with E-state index < -0.39 is 11.4 Å². The van der Waals surface area contributed by atoms with Gasteiger partial charge >= 0.3 is 6.09 Å². The number of piperidine rings is 1. The van der Waals surface area contributed by atoms with Crippen molar-refractivity contribution < 1.29 is 23.5 Å². The topological polar surface area (TPSA) is 109 Å². The van der Waals surface area contributed by atoms with Crippen LogP contribution in [0, 0.1) is 34.4 Å². The molecule has 4 aromatic rings. The average Bonchev–Trinajstić information content (AvgIpc) is 3.78. The van der Waals surface area contributed by atoms with E-state index in [1.165, 1.54) is 6.92 Å². The van der Waals surface area contributed by atoms with E-state index in [1.54, 1.807) is 18.2 Å². The van der Waals surface area contributed by atoms with Crippen LogP contribution in [-0.2, 0) is 16.0 Å². The highest BCUT2D eigenvalue weighted by Crippen LogP contribution is 2.60. The van der Waals surface area contributed by atoms with E-state index in [2.05, 4.69) is 15.5 Å². The summed E-state index contributed by atoms with van der Waals surface area (Å²) < 4.78 is 25.5. The molecule has 3 aliphatic heterocycles. The highest BCUT2D eigenvalue weighted by atomic mass is 35.5. The van der Waals surface area contributed by atoms with Crippen molar-refractivity contribution in [2.75, 3.05) is 6.54 Å². The zero-order valence-corrected chi connectivity index (χ0v) is 32.5. The number of likely N-dealkylation sites (tertiary alicyclic amines) is 1. The molecule has 2 aromatic carbocycles. The molecule has 10 rings (SSSR count). The average molecular weight is 771 g/mol. The molecule has 6 atom stereocenters. The third-order valence-corrected chi connectivity index (χ3v) is 13.4. The largest absolute Gasteiger partial charge is 0.444 e. The summed E-state index contributed by atoms with van der Waals surface area (Å²) in [6.07, 6.45) is 4.26. The second kappa shape index (κ2) is 12.1. The summed E-state index contributed by atoms with van der Waals surface area (Å²) in [6.45, 7) is 9.53. The summed E-state index contributed by atoms with van der Waals surface area (Å²) in [6, 6.07) is 10.6. The van der Waals surface area contributed by atoms with Crippen LogP contribution >= 0.6 is 23.2 Å². The minimum absolute atomic E-state index is 0.00807. The molecule has 3 saturated heterocycles. The Morgan fingerprint density at radius 3 is 2.50 bits per heavy atom.